The fourth-order valence-electron chi connectivity index (χ4n) is 1.63. The van der Waals surface area contributed by atoms with Crippen LogP contribution in [0.3, 0.4) is 0 Å². The highest BCUT2D eigenvalue weighted by atomic mass is 16.5. The first kappa shape index (κ1) is 18.8. The monoisotopic (exact) mass is 277 g/mol. The first-order valence-corrected chi connectivity index (χ1v) is 7.12. The van der Waals surface area contributed by atoms with E-state index in [-0.39, 0.29) is 12.1 Å². The number of hydrogen-bond donors (Lipinski definition) is 2. The van der Waals surface area contributed by atoms with Crippen molar-refractivity contribution in [1.82, 2.24) is 5.32 Å². The van der Waals surface area contributed by atoms with Crippen LogP contribution in [0, 0.1) is 0 Å². The number of likely N-dealkylation sites (N-methyl/N-ethyl adjacent to an activating group) is 1. The summed E-state index contributed by atoms with van der Waals surface area (Å²) in [6, 6.07) is 0. The molecule has 0 amide bonds. The molecule has 0 rings (SSSR count). The third-order valence-corrected chi connectivity index (χ3v) is 3.23. The van der Waals surface area contributed by atoms with Gasteiger partial charge in [0.2, 0.25) is 0 Å². The summed E-state index contributed by atoms with van der Waals surface area (Å²) in [7, 11) is 3.58. The Morgan fingerprint density at radius 2 is 1.58 bits per heavy atom. The summed E-state index contributed by atoms with van der Waals surface area (Å²) in [5.74, 6) is 0. The molecule has 0 saturated carbocycles. The van der Waals surface area contributed by atoms with Crippen molar-refractivity contribution >= 4 is 0 Å². The molecule has 116 valence electrons. The summed E-state index contributed by atoms with van der Waals surface area (Å²) in [6.45, 7) is 5.73. The second kappa shape index (κ2) is 12.8. The van der Waals surface area contributed by atoms with E-state index in [4.69, 9.17) is 14.2 Å². The number of aliphatic hydroxyl groups is 1. The SMILES string of the molecule is CNC(C)(CO)CCCCOCCOCCCOC. The molecule has 0 aliphatic rings. The van der Waals surface area contributed by atoms with Gasteiger partial charge >= 0.3 is 0 Å². The van der Waals surface area contributed by atoms with Gasteiger partial charge < -0.3 is 24.6 Å². The van der Waals surface area contributed by atoms with E-state index >= 15 is 0 Å². The molecule has 0 aliphatic heterocycles. The summed E-state index contributed by atoms with van der Waals surface area (Å²) in [4.78, 5) is 0. The third-order valence-electron chi connectivity index (χ3n) is 3.23. The Kier molecular flexibility index (Phi) is 12.7. The van der Waals surface area contributed by atoms with Gasteiger partial charge in [-0.05, 0) is 39.7 Å². The first-order chi connectivity index (χ1) is 9.18. The van der Waals surface area contributed by atoms with E-state index in [0.717, 1.165) is 45.5 Å². The quantitative estimate of drug-likeness (QED) is 0.467. The fraction of sp³-hybridized carbons (Fsp3) is 1.00. The van der Waals surface area contributed by atoms with E-state index in [9.17, 15) is 5.11 Å². The molecule has 0 radical (unpaired) electrons. The Morgan fingerprint density at radius 3 is 2.11 bits per heavy atom. The fourth-order valence-corrected chi connectivity index (χ4v) is 1.63. The molecule has 0 aromatic heterocycles. The van der Waals surface area contributed by atoms with Crippen LogP contribution < -0.4 is 5.32 Å². The van der Waals surface area contributed by atoms with Crippen LogP contribution >= 0.6 is 0 Å². The lowest BCUT2D eigenvalue weighted by atomic mass is 9.96. The second-order valence-electron chi connectivity index (χ2n) is 5.00. The molecule has 5 heteroatoms. The number of hydrogen-bond acceptors (Lipinski definition) is 5. The zero-order valence-corrected chi connectivity index (χ0v) is 12.7. The van der Waals surface area contributed by atoms with Gasteiger partial charge in [-0.1, -0.05) is 0 Å². The highest BCUT2D eigenvalue weighted by molar-refractivity contribution is 4.79. The van der Waals surface area contributed by atoms with Gasteiger partial charge in [-0.3, -0.25) is 0 Å². The lowest BCUT2D eigenvalue weighted by Gasteiger charge is -2.26. The minimum Gasteiger partial charge on any atom is -0.394 e. The van der Waals surface area contributed by atoms with Gasteiger partial charge in [0, 0.05) is 32.5 Å². The molecule has 1 atom stereocenters. The normalized spacial score (nSPS) is 14.5. The molecule has 0 fully saturated rings. The van der Waals surface area contributed by atoms with Crippen molar-refractivity contribution in [1.29, 1.82) is 0 Å². The van der Waals surface area contributed by atoms with Crippen molar-refractivity contribution < 1.29 is 19.3 Å². The van der Waals surface area contributed by atoms with Crippen LogP contribution in [0.1, 0.15) is 32.6 Å². The van der Waals surface area contributed by atoms with E-state index in [1.807, 2.05) is 14.0 Å². The van der Waals surface area contributed by atoms with E-state index in [1.165, 1.54) is 0 Å². The van der Waals surface area contributed by atoms with Crippen molar-refractivity contribution in [2.75, 3.05) is 53.8 Å². The van der Waals surface area contributed by atoms with Gasteiger partial charge in [0.15, 0.2) is 0 Å². The Hall–Kier alpha value is -0.200. The summed E-state index contributed by atoms with van der Waals surface area (Å²) in [5, 5.41) is 12.4. The Labute approximate surface area is 117 Å². The maximum absolute atomic E-state index is 9.23. The number of aliphatic hydroxyl groups excluding tert-OH is 1. The zero-order valence-electron chi connectivity index (χ0n) is 12.7. The smallest absolute Gasteiger partial charge is 0.0700 e. The molecule has 19 heavy (non-hydrogen) atoms. The van der Waals surface area contributed by atoms with Crippen molar-refractivity contribution in [3.63, 3.8) is 0 Å². The van der Waals surface area contributed by atoms with E-state index in [2.05, 4.69) is 5.32 Å². The van der Waals surface area contributed by atoms with Crippen LogP contribution in [-0.2, 0) is 14.2 Å². The van der Waals surface area contributed by atoms with Crippen LogP contribution in [-0.4, -0.2) is 64.4 Å². The average Bonchev–Trinajstić information content (AvgIpc) is 2.44. The molecule has 0 spiro atoms. The molecule has 0 saturated heterocycles. The van der Waals surface area contributed by atoms with Crippen molar-refractivity contribution in [3.8, 4) is 0 Å². The number of rotatable bonds is 14. The minimum atomic E-state index is -0.162. The van der Waals surface area contributed by atoms with Crippen LogP contribution in [0.2, 0.25) is 0 Å². The maximum atomic E-state index is 9.23. The third kappa shape index (κ3) is 11.3. The lowest BCUT2D eigenvalue weighted by molar-refractivity contribution is 0.0380. The number of ether oxygens (including phenoxy) is 3. The molecular formula is C14H31NO4. The first-order valence-electron chi connectivity index (χ1n) is 7.12. The number of nitrogens with one attached hydrogen (secondary N) is 1. The van der Waals surface area contributed by atoms with Gasteiger partial charge in [0.05, 0.1) is 19.8 Å². The van der Waals surface area contributed by atoms with Crippen LogP contribution in [0.25, 0.3) is 0 Å². The van der Waals surface area contributed by atoms with E-state index < -0.39 is 0 Å². The molecule has 0 aromatic rings. The van der Waals surface area contributed by atoms with Crippen LogP contribution in [0.5, 0.6) is 0 Å². The standard InChI is InChI=1S/C14H31NO4/c1-14(13-16,15-2)7-4-5-9-18-11-12-19-10-6-8-17-3/h15-16H,4-13H2,1-3H3. The summed E-state index contributed by atoms with van der Waals surface area (Å²) in [6.07, 6.45) is 3.95. The summed E-state index contributed by atoms with van der Waals surface area (Å²) >= 11 is 0. The molecule has 1 unspecified atom stereocenters. The predicted molar refractivity (Wildman–Crippen MR) is 76.5 cm³/mol. The molecule has 0 bridgehead atoms. The topological polar surface area (TPSA) is 60.0 Å². The van der Waals surface area contributed by atoms with Crippen molar-refractivity contribution in [2.24, 2.45) is 0 Å². The van der Waals surface area contributed by atoms with Gasteiger partial charge in [-0.15, -0.1) is 0 Å². The highest BCUT2D eigenvalue weighted by Crippen LogP contribution is 2.12. The average molecular weight is 277 g/mol. The molecule has 0 aliphatic carbocycles. The largest absolute Gasteiger partial charge is 0.394 e. The summed E-state index contributed by atoms with van der Waals surface area (Å²) in [5.41, 5.74) is -0.162. The Bertz CT molecular complexity index is 186. The molecule has 5 nitrogen and oxygen atoms in total. The Balaban J connectivity index is 3.19. The van der Waals surface area contributed by atoms with Gasteiger partial charge in [0.25, 0.3) is 0 Å². The molecule has 0 aromatic carbocycles. The molecule has 2 N–H and O–H groups in total. The van der Waals surface area contributed by atoms with E-state index in [0.29, 0.717) is 13.2 Å². The summed E-state index contributed by atoms with van der Waals surface area (Å²) < 4.78 is 15.8. The second-order valence-corrected chi connectivity index (χ2v) is 5.00. The van der Waals surface area contributed by atoms with Gasteiger partial charge in [-0.25, -0.2) is 0 Å². The zero-order chi connectivity index (χ0) is 14.4. The number of unbranched alkanes of at least 4 members (excludes halogenated alkanes) is 1. The van der Waals surface area contributed by atoms with Gasteiger partial charge in [0.1, 0.15) is 0 Å². The Morgan fingerprint density at radius 1 is 0.947 bits per heavy atom. The predicted octanol–water partition coefficient (Wildman–Crippen LogP) is 1.20. The minimum absolute atomic E-state index is 0.162. The maximum Gasteiger partial charge on any atom is 0.0700 e. The molecule has 0 heterocycles. The lowest BCUT2D eigenvalue weighted by Crippen LogP contribution is -2.43. The van der Waals surface area contributed by atoms with Crippen molar-refractivity contribution in [3.05, 3.63) is 0 Å². The van der Waals surface area contributed by atoms with E-state index in [1.54, 1.807) is 7.11 Å². The molecular weight excluding hydrogens is 246 g/mol. The highest BCUT2D eigenvalue weighted by Gasteiger charge is 2.19. The van der Waals surface area contributed by atoms with Crippen LogP contribution in [0.4, 0.5) is 0 Å². The van der Waals surface area contributed by atoms with Crippen LogP contribution in [0.15, 0.2) is 0 Å². The number of methoxy groups -OCH3 is 1. The van der Waals surface area contributed by atoms with Crippen molar-refractivity contribution in [2.45, 2.75) is 38.1 Å². The van der Waals surface area contributed by atoms with Gasteiger partial charge in [-0.2, -0.15) is 0 Å².